The van der Waals surface area contributed by atoms with Crippen LogP contribution in [0.25, 0.3) is 0 Å². The van der Waals surface area contributed by atoms with Crippen molar-refractivity contribution in [2.24, 2.45) is 5.73 Å². The first-order chi connectivity index (χ1) is 12.3. The van der Waals surface area contributed by atoms with Gasteiger partial charge in [0.05, 0.1) is 5.57 Å². The SMILES string of the molecule is CC(=O)NC1S[C@@H]2C(NC(=O)C(N)c3cccs3)C(=O)N2C=C1C(=O)O. The summed E-state index contributed by atoms with van der Waals surface area (Å²) >= 11 is 2.42. The zero-order valence-corrected chi connectivity index (χ0v) is 15.2. The maximum Gasteiger partial charge on any atom is 0.336 e. The van der Waals surface area contributed by atoms with Gasteiger partial charge in [0.15, 0.2) is 0 Å². The summed E-state index contributed by atoms with van der Waals surface area (Å²) in [6, 6.07) is 1.79. The molecule has 9 nitrogen and oxygen atoms in total. The quantitative estimate of drug-likeness (QED) is 0.495. The number of hydrogen-bond acceptors (Lipinski definition) is 7. The van der Waals surface area contributed by atoms with E-state index in [0.717, 1.165) is 11.8 Å². The molecule has 3 rings (SSSR count). The summed E-state index contributed by atoms with van der Waals surface area (Å²) in [5.41, 5.74) is 5.80. The maximum atomic E-state index is 12.3. The van der Waals surface area contributed by atoms with Crippen molar-refractivity contribution in [3.63, 3.8) is 0 Å². The third kappa shape index (κ3) is 3.32. The molecular formula is C15H16N4O5S2. The fourth-order valence-electron chi connectivity index (χ4n) is 2.64. The van der Waals surface area contributed by atoms with Crippen LogP contribution in [0.5, 0.6) is 0 Å². The van der Waals surface area contributed by atoms with Gasteiger partial charge >= 0.3 is 5.97 Å². The molecule has 3 amide bonds. The van der Waals surface area contributed by atoms with E-state index in [1.165, 1.54) is 29.4 Å². The predicted octanol–water partition coefficient (Wildman–Crippen LogP) is -0.421. The predicted molar refractivity (Wildman–Crippen MR) is 94.7 cm³/mol. The number of nitrogens with two attached hydrogens (primary N) is 1. The summed E-state index contributed by atoms with van der Waals surface area (Å²) in [5.74, 6) is -2.53. The van der Waals surface area contributed by atoms with Crippen molar-refractivity contribution in [2.45, 2.75) is 29.8 Å². The molecule has 1 aromatic rings. The molecule has 26 heavy (non-hydrogen) atoms. The standard InChI is InChI=1S/C15H16N4O5S2/c1-6(20)17-12-7(15(23)24)5-19-13(22)10(14(19)26-12)18-11(21)9(16)8-3-2-4-25-8/h2-5,9-10,12,14H,16H2,1H3,(H,17,20)(H,18,21)(H,23,24)/t9?,10?,12?,14-/m1/s1. The summed E-state index contributed by atoms with van der Waals surface area (Å²) in [4.78, 5) is 49.2. The van der Waals surface area contributed by atoms with Crippen LogP contribution in [0.4, 0.5) is 0 Å². The molecular weight excluding hydrogens is 380 g/mol. The number of rotatable bonds is 5. The van der Waals surface area contributed by atoms with E-state index in [2.05, 4.69) is 10.6 Å². The number of aliphatic carboxylic acids is 1. The Morgan fingerprint density at radius 2 is 2.08 bits per heavy atom. The number of thiophene rings is 1. The first-order valence-electron chi connectivity index (χ1n) is 7.58. The number of thioether (sulfide) groups is 1. The lowest BCUT2D eigenvalue weighted by atomic mass is 10.1. The van der Waals surface area contributed by atoms with Crippen LogP contribution in [0.2, 0.25) is 0 Å². The highest BCUT2D eigenvalue weighted by atomic mass is 32.2. The van der Waals surface area contributed by atoms with Gasteiger partial charge in [-0.25, -0.2) is 4.79 Å². The van der Waals surface area contributed by atoms with Crippen molar-refractivity contribution >= 4 is 46.8 Å². The number of nitrogens with one attached hydrogen (secondary N) is 2. The van der Waals surface area contributed by atoms with Crippen molar-refractivity contribution in [1.29, 1.82) is 0 Å². The minimum atomic E-state index is -1.23. The molecule has 5 N–H and O–H groups in total. The first-order valence-corrected chi connectivity index (χ1v) is 9.41. The summed E-state index contributed by atoms with van der Waals surface area (Å²) in [7, 11) is 0. The average Bonchev–Trinajstić information content (AvgIpc) is 3.12. The molecule has 2 aliphatic rings. The Labute approximate surface area is 156 Å². The van der Waals surface area contributed by atoms with Gasteiger partial charge in [-0.2, -0.15) is 0 Å². The van der Waals surface area contributed by atoms with Gasteiger partial charge in [0, 0.05) is 18.0 Å². The molecule has 0 radical (unpaired) electrons. The number of nitrogens with zero attached hydrogens (tertiary/aromatic N) is 1. The largest absolute Gasteiger partial charge is 0.478 e. The topological polar surface area (TPSA) is 142 Å². The number of carboxylic acid groups (broad SMARTS) is 1. The van der Waals surface area contributed by atoms with Gasteiger partial charge in [0.2, 0.25) is 11.8 Å². The minimum absolute atomic E-state index is 0.102. The summed E-state index contributed by atoms with van der Waals surface area (Å²) in [6.45, 7) is 1.28. The Morgan fingerprint density at radius 1 is 1.35 bits per heavy atom. The second-order valence-corrected chi connectivity index (χ2v) is 7.93. The average molecular weight is 396 g/mol. The van der Waals surface area contributed by atoms with E-state index in [1.54, 1.807) is 17.5 Å². The molecule has 0 aliphatic carbocycles. The van der Waals surface area contributed by atoms with Crippen LogP contribution in [-0.2, 0) is 19.2 Å². The molecule has 1 fully saturated rings. The van der Waals surface area contributed by atoms with E-state index in [-0.39, 0.29) is 5.57 Å². The van der Waals surface area contributed by atoms with Gasteiger partial charge in [0.1, 0.15) is 22.8 Å². The van der Waals surface area contributed by atoms with Gasteiger partial charge in [0.25, 0.3) is 5.91 Å². The van der Waals surface area contributed by atoms with Gasteiger partial charge in [-0.05, 0) is 11.4 Å². The molecule has 0 saturated carbocycles. The summed E-state index contributed by atoms with van der Waals surface area (Å²) in [6.07, 6.45) is 1.20. The van der Waals surface area contributed by atoms with Crippen LogP contribution in [0.15, 0.2) is 29.3 Å². The molecule has 2 aliphatic heterocycles. The number of fused-ring (bicyclic) bond motifs is 1. The van der Waals surface area contributed by atoms with Crippen molar-refractivity contribution in [3.8, 4) is 0 Å². The van der Waals surface area contributed by atoms with Crippen LogP contribution < -0.4 is 16.4 Å². The van der Waals surface area contributed by atoms with E-state index in [4.69, 9.17) is 5.73 Å². The van der Waals surface area contributed by atoms with Gasteiger partial charge in [-0.3, -0.25) is 14.4 Å². The highest BCUT2D eigenvalue weighted by Crippen LogP contribution is 2.39. The third-order valence-electron chi connectivity index (χ3n) is 3.93. The van der Waals surface area contributed by atoms with Crippen molar-refractivity contribution in [2.75, 3.05) is 0 Å². The second kappa shape index (κ2) is 7.09. The van der Waals surface area contributed by atoms with Gasteiger partial charge in [-0.1, -0.05) is 6.07 Å². The minimum Gasteiger partial charge on any atom is -0.478 e. The van der Waals surface area contributed by atoms with Crippen LogP contribution in [0.3, 0.4) is 0 Å². The number of hydrogen-bond donors (Lipinski definition) is 4. The molecule has 0 aromatic carbocycles. The lowest BCUT2D eigenvalue weighted by molar-refractivity contribution is -0.145. The molecule has 3 unspecified atom stereocenters. The molecule has 0 spiro atoms. The third-order valence-corrected chi connectivity index (χ3v) is 6.30. The molecule has 0 bridgehead atoms. The maximum absolute atomic E-state index is 12.3. The van der Waals surface area contributed by atoms with E-state index in [0.29, 0.717) is 4.88 Å². The Bertz CT molecular complexity index is 794. The monoisotopic (exact) mass is 396 g/mol. The number of amides is 3. The van der Waals surface area contributed by atoms with Gasteiger partial charge in [-0.15, -0.1) is 23.1 Å². The normalized spacial score (nSPS) is 25.5. The second-order valence-electron chi connectivity index (χ2n) is 5.72. The van der Waals surface area contributed by atoms with E-state index >= 15 is 0 Å². The lowest BCUT2D eigenvalue weighted by Crippen LogP contribution is -2.70. The Kier molecular flexibility index (Phi) is 5.03. The highest BCUT2D eigenvalue weighted by molar-refractivity contribution is 8.00. The Hall–Kier alpha value is -2.37. The van der Waals surface area contributed by atoms with Crippen LogP contribution >= 0.6 is 23.1 Å². The number of β-lactam (4-membered cyclic amide) rings is 1. The van der Waals surface area contributed by atoms with Crippen molar-refractivity contribution in [1.82, 2.24) is 15.5 Å². The van der Waals surface area contributed by atoms with E-state index in [9.17, 15) is 24.3 Å². The fourth-order valence-corrected chi connectivity index (χ4v) is 4.82. The summed E-state index contributed by atoms with van der Waals surface area (Å²) in [5, 5.41) is 14.9. The zero-order valence-electron chi connectivity index (χ0n) is 13.5. The molecule has 1 aromatic heterocycles. The van der Waals surface area contributed by atoms with Crippen molar-refractivity contribution in [3.05, 3.63) is 34.2 Å². The van der Waals surface area contributed by atoms with E-state index < -0.39 is 46.5 Å². The molecule has 138 valence electrons. The number of carboxylic acids is 1. The lowest BCUT2D eigenvalue weighted by Gasteiger charge is -2.48. The molecule has 1 saturated heterocycles. The van der Waals surface area contributed by atoms with Crippen LogP contribution in [0, 0.1) is 0 Å². The summed E-state index contributed by atoms with van der Waals surface area (Å²) < 4.78 is 0. The smallest absolute Gasteiger partial charge is 0.336 e. The van der Waals surface area contributed by atoms with Crippen LogP contribution in [0.1, 0.15) is 17.8 Å². The van der Waals surface area contributed by atoms with E-state index in [1.807, 2.05) is 0 Å². The molecule has 3 heterocycles. The molecule has 4 atom stereocenters. The Morgan fingerprint density at radius 3 is 2.65 bits per heavy atom. The number of carbonyl (C=O) groups is 4. The first kappa shape index (κ1) is 18.4. The highest BCUT2D eigenvalue weighted by Gasteiger charge is 2.52. The van der Waals surface area contributed by atoms with Crippen LogP contribution in [-0.4, -0.2) is 50.5 Å². The number of carbonyl (C=O) groups excluding carboxylic acids is 3. The molecule has 11 heteroatoms. The van der Waals surface area contributed by atoms with Crippen molar-refractivity contribution < 1.29 is 24.3 Å². The fraction of sp³-hybridized carbons (Fsp3) is 0.333. The van der Waals surface area contributed by atoms with Gasteiger partial charge < -0.3 is 26.4 Å². The Balaban J connectivity index is 1.73. The zero-order chi connectivity index (χ0) is 19.0.